The summed E-state index contributed by atoms with van der Waals surface area (Å²) in [7, 11) is 1.59. The van der Waals surface area contributed by atoms with Gasteiger partial charge in [-0.1, -0.05) is 12.1 Å². The summed E-state index contributed by atoms with van der Waals surface area (Å²) in [6.45, 7) is 5.55. The van der Waals surface area contributed by atoms with Crippen LogP contribution >= 0.6 is 24.8 Å². The predicted octanol–water partition coefficient (Wildman–Crippen LogP) is 4.07. The first-order valence-electron chi connectivity index (χ1n) is 9.77. The lowest BCUT2D eigenvalue weighted by molar-refractivity contribution is 0.0778. The van der Waals surface area contributed by atoms with Crippen molar-refractivity contribution in [2.45, 2.75) is 13.5 Å². The van der Waals surface area contributed by atoms with E-state index in [-0.39, 0.29) is 36.3 Å². The third-order valence-electron chi connectivity index (χ3n) is 5.28. The van der Waals surface area contributed by atoms with Gasteiger partial charge in [0.05, 0.1) is 24.5 Å². The van der Waals surface area contributed by atoms with E-state index in [0.717, 1.165) is 18.7 Å². The largest absolute Gasteiger partial charge is 0.497 e. The molecule has 1 amide bonds. The second-order valence-electron chi connectivity index (χ2n) is 7.05. The number of nitrogens with zero attached hydrogens (tertiary/aromatic N) is 2. The fourth-order valence-electron chi connectivity index (χ4n) is 3.71. The number of rotatable bonds is 4. The number of amides is 1. The Morgan fingerprint density at radius 1 is 1.06 bits per heavy atom. The van der Waals surface area contributed by atoms with Crippen LogP contribution in [0.4, 0.5) is 4.79 Å². The summed E-state index contributed by atoms with van der Waals surface area (Å²) >= 11 is 0. The molecule has 0 radical (unpaired) electrons. The van der Waals surface area contributed by atoms with Gasteiger partial charge in [0.1, 0.15) is 16.9 Å². The molecular formula is C22H26Cl2N2O5. The topological polar surface area (TPSA) is 72.2 Å². The summed E-state index contributed by atoms with van der Waals surface area (Å²) < 4.78 is 16.5. The van der Waals surface area contributed by atoms with Crippen LogP contribution in [0.5, 0.6) is 5.75 Å². The van der Waals surface area contributed by atoms with Crippen LogP contribution in [-0.4, -0.2) is 55.8 Å². The molecule has 0 spiro atoms. The van der Waals surface area contributed by atoms with Gasteiger partial charge in [-0.15, -0.1) is 24.8 Å². The zero-order chi connectivity index (χ0) is 20.4. The average molecular weight is 469 g/mol. The van der Waals surface area contributed by atoms with Crippen LogP contribution in [0.25, 0.3) is 21.9 Å². The molecule has 7 nitrogen and oxygen atoms in total. The molecule has 2 heterocycles. The second kappa shape index (κ2) is 10.7. The molecule has 1 aliphatic heterocycles. The van der Waals surface area contributed by atoms with E-state index < -0.39 is 0 Å². The monoisotopic (exact) mass is 468 g/mol. The first-order chi connectivity index (χ1) is 14.1. The van der Waals surface area contributed by atoms with Crippen LogP contribution in [-0.2, 0) is 11.3 Å². The van der Waals surface area contributed by atoms with Crippen molar-refractivity contribution >= 4 is 52.8 Å². The first kappa shape index (κ1) is 24.8. The molecule has 2 aromatic carbocycles. The minimum absolute atomic E-state index is 0. The fraction of sp³-hybridized carbons (Fsp3) is 0.364. The van der Waals surface area contributed by atoms with Crippen molar-refractivity contribution in [1.82, 2.24) is 9.80 Å². The highest BCUT2D eigenvalue weighted by Gasteiger charge is 2.23. The van der Waals surface area contributed by atoms with Crippen LogP contribution in [0.2, 0.25) is 0 Å². The SMILES string of the molecule is CCOC(=O)N1CCN(Cc2cccc3c(=O)c4ccc(OC)cc4oc23)CC1.Cl.Cl. The van der Waals surface area contributed by atoms with Crippen molar-refractivity contribution < 1.29 is 18.7 Å². The summed E-state index contributed by atoms with van der Waals surface area (Å²) in [6.07, 6.45) is -0.260. The van der Waals surface area contributed by atoms with Crippen molar-refractivity contribution in [1.29, 1.82) is 0 Å². The van der Waals surface area contributed by atoms with Crippen molar-refractivity contribution in [3.05, 3.63) is 52.2 Å². The molecule has 0 bridgehead atoms. The molecule has 0 unspecified atom stereocenters. The number of benzene rings is 2. The number of methoxy groups -OCH3 is 1. The number of hydrogen-bond acceptors (Lipinski definition) is 6. The average Bonchev–Trinajstić information content (AvgIpc) is 2.75. The molecule has 3 aromatic rings. The van der Waals surface area contributed by atoms with Crippen molar-refractivity contribution in [2.24, 2.45) is 0 Å². The van der Waals surface area contributed by atoms with Crippen molar-refractivity contribution in [3.63, 3.8) is 0 Å². The summed E-state index contributed by atoms with van der Waals surface area (Å²) in [5.74, 6) is 0.646. The Bertz CT molecular complexity index is 1110. The van der Waals surface area contributed by atoms with Gasteiger partial charge in [-0.05, 0) is 25.1 Å². The smallest absolute Gasteiger partial charge is 0.409 e. The van der Waals surface area contributed by atoms with E-state index in [1.807, 2.05) is 19.1 Å². The molecule has 0 saturated carbocycles. The third kappa shape index (κ3) is 5.06. The molecular weight excluding hydrogens is 443 g/mol. The summed E-state index contributed by atoms with van der Waals surface area (Å²) in [5, 5.41) is 1.11. The molecule has 0 atom stereocenters. The number of carbonyl (C=O) groups is 1. The standard InChI is InChI=1S/C22H24N2O5.2ClH/c1-3-28-22(26)24-11-9-23(10-12-24)14-15-5-4-6-18-20(25)17-8-7-16(27-2)13-19(17)29-21(15)18;;/h4-8,13H,3,9-12,14H2,1-2H3;2*1H. The lowest BCUT2D eigenvalue weighted by atomic mass is 10.1. The highest BCUT2D eigenvalue weighted by atomic mass is 35.5. The van der Waals surface area contributed by atoms with Crippen LogP contribution in [0, 0.1) is 0 Å². The Hall–Kier alpha value is -2.48. The highest BCUT2D eigenvalue weighted by Crippen LogP contribution is 2.26. The lowest BCUT2D eigenvalue weighted by Crippen LogP contribution is -2.48. The van der Waals surface area contributed by atoms with Crippen molar-refractivity contribution in [3.8, 4) is 5.75 Å². The number of carbonyl (C=O) groups excluding carboxylic acids is 1. The zero-order valence-corrected chi connectivity index (χ0v) is 19.1. The Labute approximate surface area is 192 Å². The molecule has 1 aliphatic rings. The number of piperazine rings is 1. The van der Waals surface area contributed by atoms with Crippen LogP contribution in [0.15, 0.2) is 45.6 Å². The van der Waals surface area contributed by atoms with Gasteiger partial charge in [0.25, 0.3) is 0 Å². The van der Waals surface area contributed by atoms with Crippen LogP contribution in [0.1, 0.15) is 12.5 Å². The van der Waals surface area contributed by atoms with Gasteiger partial charge >= 0.3 is 6.09 Å². The van der Waals surface area contributed by atoms with Gasteiger partial charge in [0.2, 0.25) is 5.43 Å². The van der Waals surface area contributed by atoms with Gasteiger partial charge in [0, 0.05) is 44.4 Å². The number of halogens is 2. The molecule has 9 heteroatoms. The zero-order valence-electron chi connectivity index (χ0n) is 17.5. The Morgan fingerprint density at radius 3 is 2.48 bits per heavy atom. The van der Waals surface area contributed by atoms with E-state index in [0.29, 0.717) is 53.9 Å². The fourth-order valence-corrected chi connectivity index (χ4v) is 3.71. The highest BCUT2D eigenvalue weighted by molar-refractivity contribution is 5.91. The first-order valence-corrected chi connectivity index (χ1v) is 9.77. The van der Waals surface area contributed by atoms with Crippen molar-refractivity contribution in [2.75, 3.05) is 39.9 Å². The molecule has 31 heavy (non-hydrogen) atoms. The molecule has 168 valence electrons. The van der Waals surface area contributed by atoms with Crippen LogP contribution < -0.4 is 10.2 Å². The van der Waals surface area contributed by atoms with Gasteiger partial charge in [0.15, 0.2) is 0 Å². The Morgan fingerprint density at radius 2 is 1.81 bits per heavy atom. The molecule has 0 aliphatic carbocycles. The van der Waals surface area contributed by atoms with E-state index in [9.17, 15) is 9.59 Å². The van der Waals surface area contributed by atoms with E-state index >= 15 is 0 Å². The van der Waals surface area contributed by atoms with Gasteiger partial charge < -0.3 is 18.8 Å². The van der Waals surface area contributed by atoms with Gasteiger partial charge in [-0.25, -0.2) is 4.79 Å². The minimum atomic E-state index is -0.260. The maximum Gasteiger partial charge on any atom is 0.409 e. The van der Waals surface area contributed by atoms with Crippen LogP contribution in [0.3, 0.4) is 0 Å². The summed E-state index contributed by atoms with van der Waals surface area (Å²) in [4.78, 5) is 28.8. The summed E-state index contributed by atoms with van der Waals surface area (Å²) in [6, 6.07) is 10.9. The number of para-hydroxylation sites is 1. The van der Waals surface area contributed by atoms with E-state index in [4.69, 9.17) is 13.9 Å². The van der Waals surface area contributed by atoms with E-state index in [1.165, 1.54) is 0 Å². The summed E-state index contributed by atoms with van der Waals surface area (Å²) in [5.41, 5.74) is 2.03. The molecule has 4 rings (SSSR count). The molecule has 1 aromatic heterocycles. The molecule has 1 saturated heterocycles. The third-order valence-corrected chi connectivity index (χ3v) is 5.28. The quantitative estimate of drug-likeness (QED) is 0.537. The maximum absolute atomic E-state index is 12.9. The molecule has 0 N–H and O–H groups in total. The van der Waals surface area contributed by atoms with Gasteiger partial charge in [-0.2, -0.15) is 0 Å². The Balaban J connectivity index is 0.00000171. The predicted molar refractivity (Wildman–Crippen MR) is 125 cm³/mol. The lowest BCUT2D eigenvalue weighted by Gasteiger charge is -2.34. The molecule has 1 fully saturated rings. The number of hydrogen-bond donors (Lipinski definition) is 0. The van der Waals surface area contributed by atoms with E-state index in [2.05, 4.69) is 4.90 Å². The van der Waals surface area contributed by atoms with E-state index in [1.54, 1.807) is 36.3 Å². The number of fused-ring (bicyclic) bond motifs is 2. The van der Waals surface area contributed by atoms with Gasteiger partial charge in [-0.3, -0.25) is 9.69 Å². The number of ether oxygens (including phenoxy) is 2. The second-order valence-corrected chi connectivity index (χ2v) is 7.05. The minimum Gasteiger partial charge on any atom is -0.497 e. The Kier molecular flexibility index (Phi) is 8.56. The normalized spacial score (nSPS) is 14.1. The maximum atomic E-state index is 12.9.